The van der Waals surface area contributed by atoms with Crippen LogP contribution >= 0.6 is 0 Å². The maximum Gasteiger partial charge on any atom is 0.388 e. The normalized spacial score (nSPS) is 22.1. The van der Waals surface area contributed by atoms with E-state index in [1.807, 2.05) is 0 Å². The number of alkyl halides is 4. The Labute approximate surface area is 77.3 Å². The quantitative estimate of drug-likeness (QED) is 0.592. The molecule has 0 aromatic heterocycles. The number of aryl methyl sites for hydroxylation is 1. The van der Waals surface area contributed by atoms with Crippen LogP contribution in [0, 0.1) is 6.92 Å². The largest absolute Gasteiger partial charge is 0.388 e. The first-order valence-corrected chi connectivity index (χ1v) is 3.90. The summed E-state index contributed by atoms with van der Waals surface area (Å²) in [5.41, 5.74) is -1.01. The van der Waals surface area contributed by atoms with Crippen molar-refractivity contribution in [2.75, 3.05) is 0 Å². The lowest BCUT2D eigenvalue weighted by Gasteiger charge is -2.10. The molecule has 0 spiro atoms. The lowest BCUT2D eigenvalue weighted by molar-refractivity contribution is -0.369. The van der Waals surface area contributed by atoms with Crippen molar-refractivity contribution in [3.8, 4) is 0 Å². The van der Waals surface area contributed by atoms with Crippen molar-refractivity contribution in [3.63, 3.8) is 0 Å². The molecule has 76 valence electrons. The minimum absolute atomic E-state index is 0.490. The first-order valence-electron chi connectivity index (χ1n) is 3.90. The zero-order chi connectivity index (χ0) is 10.6. The molecule has 1 heterocycles. The van der Waals surface area contributed by atoms with Gasteiger partial charge in [-0.25, -0.2) is 4.74 Å². The molecule has 0 amide bonds. The molecule has 0 fully saturated rings. The van der Waals surface area contributed by atoms with Crippen molar-refractivity contribution >= 4 is 0 Å². The number of benzene rings is 1. The fraction of sp³-hybridized carbons (Fsp3) is 0.333. The maximum atomic E-state index is 12.9. The van der Waals surface area contributed by atoms with E-state index in [1.54, 1.807) is 6.92 Å². The summed E-state index contributed by atoms with van der Waals surface area (Å²) in [5, 5.41) is 0. The predicted octanol–water partition coefficient (Wildman–Crippen LogP) is 3.12. The van der Waals surface area contributed by atoms with Crippen LogP contribution in [-0.2, 0) is 17.0 Å². The highest BCUT2D eigenvalue weighted by Gasteiger charge is 2.57. The van der Waals surface area contributed by atoms with Crippen LogP contribution in [0.2, 0.25) is 0 Å². The summed E-state index contributed by atoms with van der Waals surface area (Å²) < 4.78 is 54.9. The lowest BCUT2D eigenvalue weighted by Crippen LogP contribution is -2.17. The molecular formula is C9H6F4O. The number of halogens is 4. The average Bonchev–Trinajstić information content (AvgIpc) is 2.17. The second kappa shape index (κ2) is 2.48. The van der Waals surface area contributed by atoms with Gasteiger partial charge in [-0.3, -0.25) is 0 Å². The van der Waals surface area contributed by atoms with E-state index in [9.17, 15) is 17.6 Å². The molecular weight excluding hydrogens is 200 g/mol. The molecule has 0 bridgehead atoms. The summed E-state index contributed by atoms with van der Waals surface area (Å²) >= 11 is 0. The highest BCUT2D eigenvalue weighted by molar-refractivity contribution is 5.38. The first-order chi connectivity index (χ1) is 6.33. The van der Waals surface area contributed by atoms with E-state index < -0.39 is 23.3 Å². The van der Waals surface area contributed by atoms with Crippen LogP contribution in [0.4, 0.5) is 17.6 Å². The van der Waals surface area contributed by atoms with Gasteiger partial charge in [0.15, 0.2) is 0 Å². The molecule has 0 saturated carbocycles. The summed E-state index contributed by atoms with van der Waals surface area (Å²) in [7, 11) is 0. The molecule has 2 rings (SSSR count). The van der Waals surface area contributed by atoms with Crippen LogP contribution < -0.4 is 0 Å². The third-order valence-electron chi connectivity index (χ3n) is 2.06. The second-order valence-electron chi connectivity index (χ2n) is 3.18. The fourth-order valence-electron chi connectivity index (χ4n) is 1.42. The van der Waals surface area contributed by atoms with Gasteiger partial charge in [0.25, 0.3) is 0 Å². The second-order valence-corrected chi connectivity index (χ2v) is 3.18. The Morgan fingerprint density at radius 2 is 1.57 bits per heavy atom. The molecule has 1 aromatic carbocycles. The van der Waals surface area contributed by atoms with Gasteiger partial charge in [0.1, 0.15) is 0 Å². The fourth-order valence-corrected chi connectivity index (χ4v) is 1.42. The number of hydrogen-bond donors (Lipinski definition) is 0. The van der Waals surface area contributed by atoms with Crippen LogP contribution in [0.5, 0.6) is 0 Å². The number of fused-ring (bicyclic) bond motifs is 1. The van der Waals surface area contributed by atoms with Crippen molar-refractivity contribution in [2.24, 2.45) is 0 Å². The van der Waals surface area contributed by atoms with Crippen molar-refractivity contribution in [1.29, 1.82) is 0 Å². The van der Waals surface area contributed by atoms with Crippen LogP contribution in [0.1, 0.15) is 16.7 Å². The van der Waals surface area contributed by atoms with Gasteiger partial charge in [-0.05, 0) is 19.1 Å². The first kappa shape index (κ1) is 9.45. The SMILES string of the molecule is Cc1ccc2c(c1)C(F)(F)OC2(F)F. The Morgan fingerprint density at radius 1 is 1.00 bits per heavy atom. The van der Waals surface area contributed by atoms with Crippen LogP contribution in [-0.4, -0.2) is 0 Å². The molecule has 14 heavy (non-hydrogen) atoms. The van der Waals surface area contributed by atoms with Crippen LogP contribution in [0.3, 0.4) is 0 Å². The standard InChI is InChI=1S/C9H6F4O/c1-5-2-3-6-7(4-5)9(12,13)14-8(6,10)11/h2-4H,1H3. The molecule has 0 saturated heterocycles. The Hall–Kier alpha value is -1.10. The Morgan fingerprint density at radius 3 is 2.21 bits per heavy atom. The van der Waals surface area contributed by atoms with Gasteiger partial charge in [-0.1, -0.05) is 11.6 Å². The summed E-state index contributed by atoms with van der Waals surface area (Å²) in [4.78, 5) is 0. The smallest absolute Gasteiger partial charge is 0.247 e. The number of ether oxygens (including phenoxy) is 1. The van der Waals surface area contributed by atoms with Gasteiger partial charge in [0.05, 0.1) is 11.1 Å². The van der Waals surface area contributed by atoms with E-state index >= 15 is 0 Å². The van der Waals surface area contributed by atoms with E-state index in [2.05, 4.69) is 4.74 Å². The molecule has 0 radical (unpaired) electrons. The third kappa shape index (κ3) is 1.19. The highest BCUT2D eigenvalue weighted by atomic mass is 19.3. The third-order valence-corrected chi connectivity index (χ3v) is 2.06. The molecule has 0 N–H and O–H groups in total. The van der Waals surface area contributed by atoms with Gasteiger partial charge < -0.3 is 0 Å². The Bertz CT molecular complexity index is 386. The van der Waals surface area contributed by atoms with Crippen molar-refractivity contribution in [3.05, 3.63) is 34.9 Å². The molecule has 0 unspecified atom stereocenters. The minimum atomic E-state index is -3.90. The van der Waals surface area contributed by atoms with Crippen molar-refractivity contribution in [2.45, 2.75) is 19.1 Å². The van der Waals surface area contributed by atoms with Gasteiger partial charge in [-0.15, -0.1) is 0 Å². The predicted molar refractivity (Wildman–Crippen MR) is 40.1 cm³/mol. The zero-order valence-corrected chi connectivity index (χ0v) is 7.15. The van der Waals surface area contributed by atoms with Gasteiger partial charge in [0, 0.05) is 0 Å². The number of rotatable bonds is 0. The summed E-state index contributed by atoms with van der Waals surface area (Å²) in [5.74, 6) is 0. The van der Waals surface area contributed by atoms with Gasteiger partial charge >= 0.3 is 12.2 Å². The summed E-state index contributed by atoms with van der Waals surface area (Å²) in [6.45, 7) is 1.55. The van der Waals surface area contributed by atoms with Crippen LogP contribution in [0.25, 0.3) is 0 Å². The van der Waals surface area contributed by atoms with E-state index in [1.165, 1.54) is 6.07 Å². The highest BCUT2D eigenvalue weighted by Crippen LogP contribution is 2.50. The Balaban J connectivity index is 2.66. The molecule has 1 aliphatic rings. The molecule has 0 aliphatic carbocycles. The Kier molecular flexibility index (Phi) is 1.67. The molecule has 1 aromatic rings. The minimum Gasteiger partial charge on any atom is -0.247 e. The van der Waals surface area contributed by atoms with E-state index in [0.717, 1.165) is 12.1 Å². The van der Waals surface area contributed by atoms with Crippen LogP contribution in [0.15, 0.2) is 18.2 Å². The summed E-state index contributed by atoms with van der Waals surface area (Å²) in [6, 6.07) is 3.32. The maximum absolute atomic E-state index is 12.9. The van der Waals surface area contributed by atoms with E-state index in [4.69, 9.17) is 0 Å². The van der Waals surface area contributed by atoms with Crippen molar-refractivity contribution in [1.82, 2.24) is 0 Å². The summed E-state index contributed by atoms with van der Waals surface area (Å²) in [6.07, 6.45) is -7.79. The topological polar surface area (TPSA) is 9.23 Å². The zero-order valence-electron chi connectivity index (χ0n) is 7.15. The molecule has 5 heteroatoms. The average molecular weight is 206 g/mol. The molecule has 1 aliphatic heterocycles. The number of hydrogen-bond acceptors (Lipinski definition) is 1. The lowest BCUT2D eigenvalue weighted by atomic mass is 10.1. The van der Waals surface area contributed by atoms with Gasteiger partial charge in [-0.2, -0.15) is 17.6 Å². The monoisotopic (exact) mass is 206 g/mol. The van der Waals surface area contributed by atoms with Crippen molar-refractivity contribution < 1.29 is 22.3 Å². The molecule has 1 nitrogen and oxygen atoms in total. The molecule has 0 atom stereocenters. The van der Waals surface area contributed by atoms with Gasteiger partial charge in [0.2, 0.25) is 0 Å². The van der Waals surface area contributed by atoms with E-state index in [-0.39, 0.29) is 0 Å². The van der Waals surface area contributed by atoms with E-state index in [0.29, 0.717) is 5.56 Å².